The Labute approximate surface area is 120 Å². The second kappa shape index (κ2) is 17.9. The molecular formula is C17H36O2. The third-order valence-corrected chi connectivity index (χ3v) is 3.59. The molecule has 0 aromatic carbocycles. The molecule has 0 aliphatic heterocycles. The van der Waals surface area contributed by atoms with Gasteiger partial charge in [-0.3, -0.25) is 0 Å². The van der Waals surface area contributed by atoms with Crippen LogP contribution in [0.5, 0.6) is 0 Å². The van der Waals surface area contributed by atoms with Crippen LogP contribution < -0.4 is 0 Å². The number of hydrogen-bond donors (Lipinski definition) is 1. The van der Waals surface area contributed by atoms with Gasteiger partial charge < -0.3 is 9.84 Å². The maximum Gasteiger partial charge on any atom is 0.0466 e. The SMILES string of the molecule is CCCCCCCOCCCCCCCCCCO. The Balaban J connectivity index is 2.88. The van der Waals surface area contributed by atoms with Crippen molar-refractivity contribution in [1.29, 1.82) is 0 Å². The molecule has 116 valence electrons. The van der Waals surface area contributed by atoms with E-state index >= 15 is 0 Å². The Hall–Kier alpha value is -0.0800. The van der Waals surface area contributed by atoms with Gasteiger partial charge in [-0.25, -0.2) is 0 Å². The van der Waals surface area contributed by atoms with E-state index in [0.29, 0.717) is 6.61 Å². The van der Waals surface area contributed by atoms with Crippen LogP contribution in [0.2, 0.25) is 0 Å². The predicted octanol–water partition coefficient (Wildman–Crippen LogP) is 5.09. The highest BCUT2D eigenvalue weighted by molar-refractivity contribution is 4.47. The normalized spacial score (nSPS) is 11.1. The Bertz CT molecular complexity index is 132. The summed E-state index contributed by atoms with van der Waals surface area (Å²) in [5.41, 5.74) is 0. The lowest BCUT2D eigenvalue weighted by atomic mass is 10.1. The molecule has 0 atom stereocenters. The molecular weight excluding hydrogens is 236 g/mol. The van der Waals surface area contributed by atoms with E-state index in [1.807, 2.05) is 0 Å². The van der Waals surface area contributed by atoms with Crippen molar-refractivity contribution >= 4 is 0 Å². The van der Waals surface area contributed by atoms with Crippen LogP contribution >= 0.6 is 0 Å². The number of ether oxygens (including phenoxy) is 1. The number of unbranched alkanes of at least 4 members (excludes halogenated alkanes) is 11. The lowest BCUT2D eigenvalue weighted by Crippen LogP contribution is -1.97. The number of rotatable bonds is 16. The third-order valence-electron chi connectivity index (χ3n) is 3.59. The Morgan fingerprint density at radius 2 is 1.00 bits per heavy atom. The molecule has 0 unspecified atom stereocenters. The molecule has 0 bridgehead atoms. The Morgan fingerprint density at radius 1 is 0.579 bits per heavy atom. The molecule has 0 aliphatic carbocycles. The van der Waals surface area contributed by atoms with Crippen molar-refractivity contribution in [3.05, 3.63) is 0 Å². The first-order chi connectivity index (χ1) is 9.41. The molecule has 0 amide bonds. The molecule has 0 aromatic heterocycles. The molecule has 0 fully saturated rings. The summed E-state index contributed by atoms with van der Waals surface area (Å²) in [5.74, 6) is 0. The van der Waals surface area contributed by atoms with Crippen LogP contribution in [0.3, 0.4) is 0 Å². The van der Waals surface area contributed by atoms with E-state index in [0.717, 1.165) is 19.6 Å². The average molecular weight is 272 g/mol. The van der Waals surface area contributed by atoms with Crippen LogP contribution in [0.1, 0.15) is 90.4 Å². The fraction of sp³-hybridized carbons (Fsp3) is 1.00. The van der Waals surface area contributed by atoms with Crippen molar-refractivity contribution in [1.82, 2.24) is 0 Å². The van der Waals surface area contributed by atoms with Gasteiger partial charge >= 0.3 is 0 Å². The number of aliphatic hydroxyl groups excluding tert-OH is 1. The Kier molecular flexibility index (Phi) is 17.8. The van der Waals surface area contributed by atoms with Crippen LogP contribution in [0.15, 0.2) is 0 Å². The minimum Gasteiger partial charge on any atom is -0.396 e. The first-order valence-electron chi connectivity index (χ1n) is 8.60. The molecule has 0 aromatic rings. The molecule has 1 N–H and O–H groups in total. The Morgan fingerprint density at radius 3 is 1.47 bits per heavy atom. The smallest absolute Gasteiger partial charge is 0.0466 e. The zero-order valence-electron chi connectivity index (χ0n) is 13.2. The second-order valence-corrected chi connectivity index (χ2v) is 5.58. The average Bonchev–Trinajstić information content (AvgIpc) is 2.43. The molecule has 0 radical (unpaired) electrons. The van der Waals surface area contributed by atoms with E-state index in [9.17, 15) is 0 Å². The highest BCUT2D eigenvalue weighted by atomic mass is 16.5. The van der Waals surface area contributed by atoms with Gasteiger partial charge in [0.1, 0.15) is 0 Å². The summed E-state index contributed by atoms with van der Waals surface area (Å²) >= 11 is 0. The fourth-order valence-corrected chi connectivity index (χ4v) is 2.29. The van der Waals surface area contributed by atoms with Crippen molar-refractivity contribution < 1.29 is 9.84 Å². The monoisotopic (exact) mass is 272 g/mol. The standard InChI is InChI=1S/C17H36O2/c1-2-3-4-10-13-16-19-17-14-11-8-6-5-7-9-12-15-18/h18H,2-17H2,1H3. The maximum atomic E-state index is 8.66. The molecule has 0 saturated heterocycles. The van der Waals surface area contributed by atoms with Gasteiger partial charge in [0, 0.05) is 19.8 Å². The predicted molar refractivity (Wildman–Crippen MR) is 83.6 cm³/mol. The first-order valence-corrected chi connectivity index (χ1v) is 8.60. The van der Waals surface area contributed by atoms with Gasteiger partial charge in [0.05, 0.1) is 0 Å². The minimum absolute atomic E-state index is 0.357. The summed E-state index contributed by atoms with van der Waals surface area (Å²) in [6.07, 6.45) is 16.7. The zero-order valence-corrected chi connectivity index (χ0v) is 13.2. The van der Waals surface area contributed by atoms with Crippen LogP contribution in [0, 0.1) is 0 Å². The van der Waals surface area contributed by atoms with E-state index < -0.39 is 0 Å². The maximum absolute atomic E-state index is 8.66. The van der Waals surface area contributed by atoms with Gasteiger partial charge in [-0.15, -0.1) is 0 Å². The minimum atomic E-state index is 0.357. The van der Waals surface area contributed by atoms with E-state index in [4.69, 9.17) is 9.84 Å². The summed E-state index contributed by atoms with van der Waals surface area (Å²) in [5, 5.41) is 8.66. The van der Waals surface area contributed by atoms with Gasteiger partial charge in [-0.1, -0.05) is 71.1 Å². The van der Waals surface area contributed by atoms with Crippen molar-refractivity contribution in [3.63, 3.8) is 0 Å². The zero-order chi connectivity index (χ0) is 14.0. The first kappa shape index (κ1) is 18.9. The molecule has 0 saturated carbocycles. The third kappa shape index (κ3) is 17.9. The quantitative estimate of drug-likeness (QED) is 0.397. The van der Waals surface area contributed by atoms with Crippen LogP contribution in [-0.4, -0.2) is 24.9 Å². The van der Waals surface area contributed by atoms with Crippen molar-refractivity contribution in [2.24, 2.45) is 0 Å². The molecule has 2 nitrogen and oxygen atoms in total. The molecule has 0 heterocycles. The van der Waals surface area contributed by atoms with Crippen LogP contribution in [-0.2, 0) is 4.74 Å². The van der Waals surface area contributed by atoms with Gasteiger partial charge in [0.2, 0.25) is 0 Å². The summed E-state index contributed by atoms with van der Waals surface area (Å²) in [7, 11) is 0. The van der Waals surface area contributed by atoms with Crippen molar-refractivity contribution in [3.8, 4) is 0 Å². The number of aliphatic hydroxyl groups is 1. The van der Waals surface area contributed by atoms with Crippen LogP contribution in [0.4, 0.5) is 0 Å². The molecule has 0 rings (SSSR count). The topological polar surface area (TPSA) is 29.5 Å². The van der Waals surface area contributed by atoms with Gasteiger partial charge in [0.25, 0.3) is 0 Å². The largest absolute Gasteiger partial charge is 0.396 e. The summed E-state index contributed by atoms with van der Waals surface area (Å²) < 4.78 is 5.65. The number of hydrogen-bond acceptors (Lipinski definition) is 2. The van der Waals surface area contributed by atoms with Crippen molar-refractivity contribution in [2.75, 3.05) is 19.8 Å². The lowest BCUT2D eigenvalue weighted by molar-refractivity contribution is 0.125. The van der Waals surface area contributed by atoms with Gasteiger partial charge in [-0.05, 0) is 19.3 Å². The highest BCUT2D eigenvalue weighted by Crippen LogP contribution is 2.08. The fourth-order valence-electron chi connectivity index (χ4n) is 2.29. The van der Waals surface area contributed by atoms with E-state index in [-0.39, 0.29) is 0 Å². The summed E-state index contributed by atoms with van der Waals surface area (Å²) in [6.45, 7) is 4.53. The second-order valence-electron chi connectivity index (χ2n) is 5.58. The highest BCUT2D eigenvalue weighted by Gasteiger charge is 1.93. The molecule has 19 heavy (non-hydrogen) atoms. The van der Waals surface area contributed by atoms with E-state index in [1.165, 1.54) is 77.0 Å². The molecule has 0 aliphatic rings. The summed E-state index contributed by atoms with van der Waals surface area (Å²) in [6, 6.07) is 0. The van der Waals surface area contributed by atoms with Crippen LogP contribution in [0.25, 0.3) is 0 Å². The van der Waals surface area contributed by atoms with E-state index in [1.54, 1.807) is 0 Å². The molecule has 2 heteroatoms. The summed E-state index contributed by atoms with van der Waals surface area (Å²) in [4.78, 5) is 0. The van der Waals surface area contributed by atoms with E-state index in [2.05, 4.69) is 6.92 Å². The lowest BCUT2D eigenvalue weighted by Gasteiger charge is -2.04. The van der Waals surface area contributed by atoms with Crippen molar-refractivity contribution in [2.45, 2.75) is 90.4 Å². The molecule has 0 spiro atoms. The van der Waals surface area contributed by atoms with Gasteiger partial charge in [-0.2, -0.15) is 0 Å². The van der Waals surface area contributed by atoms with Gasteiger partial charge in [0.15, 0.2) is 0 Å².